The average molecular weight is 284 g/mol. The molecule has 2 heterocycles. The Bertz CT molecular complexity index is 438. The molecular weight excluding hydrogens is 256 g/mol. The summed E-state index contributed by atoms with van der Waals surface area (Å²) >= 11 is 0. The van der Waals surface area contributed by atoms with Crippen LogP contribution in [0.2, 0.25) is 0 Å². The monoisotopic (exact) mass is 284 g/mol. The molecule has 3 fully saturated rings. The summed E-state index contributed by atoms with van der Waals surface area (Å²) in [5, 5.41) is 0. The first-order chi connectivity index (χ1) is 10.4. The van der Waals surface area contributed by atoms with Crippen LogP contribution in [-0.4, -0.2) is 42.0 Å². The molecule has 0 spiro atoms. The molecule has 1 aromatic carbocycles. The third-order valence-electron chi connectivity index (χ3n) is 5.91. The van der Waals surface area contributed by atoms with Crippen LogP contribution in [-0.2, 0) is 6.54 Å². The van der Waals surface area contributed by atoms with E-state index in [4.69, 9.17) is 0 Å². The summed E-state index contributed by atoms with van der Waals surface area (Å²) in [7, 11) is 0. The lowest BCUT2D eigenvalue weighted by atomic mass is 9.72. The Kier molecular flexibility index (Phi) is 4.00. The molecule has 1 aliphatic carbocycles. The molecule has 0 amide bonds. The number of hydrogen-bond acceptors (Lipinski definition) is 2. The highest BCUT2D eigenvalue weighted by atomic mass is 15.2. The standard InChI is InChI=1S/C19H28N2/c1-2-7-16(8-3-1)13-20-14-17-9-6-10-18(15-20)19(17)21-11-4-5-12-21/h1-3,7-8,17-19H,4-6,9-15H2. The molecule has 21 heavy (non-hydrogen) atoms. The molecule has 3 aliphatic rings. The van der Waals surface area contributed by atoms with Gasteiger partial charge in [-0.15, -0.1) is 0 Å². The SMILES string of the molecule is c1ccc(CN2CC3CCCC(C2)C3N2CCCC2)cc1. The Hall–Kier alpha value is -0.860. The highest BCUT2D eigenvalue weighted by Crippen LogP contribution is 2.39. The van der Waals surface area contributed by atoms with Crippen LogP contribution in [0.15, 0.2) is 30.3 Å². The van der Waals surface area contributed by atoms with Gasteiger partial charge in [-0.3, -0.25) is 9.80 Å². The fourth-order valence-corrected chi connectivity index (χ4v) is 5.11. The van der Waals surface area contributed by atoms with E-state index in [0.717, 1.165) is 24.4 Å². The molecule has 114 valence electrons. The van der Waals surface area contributed by atoms with E-state index in [-0.39, 0.29) is 0 Å². The molecule has 2 bridgehead atoms. The lowest BCUT2D eigenvalue weighted by Gasteiger charge is -2.51. The normalized spacial score (nSPS) is 34.2. The van der Waals surface area contributed by atoms with Gasteiger partial charge in [0.2, 0.25) is 0 Å². The summed E-state index contributed by atoms with van der Waals surface area (Å²) in [4.78, 5) is 5.57. The van der Waals surface area contributed by atoms with Crippen LogP contribution in [0, 0.1) is 11.8 Å². The average Bonchev–Trinajstić information content (AvgIpc) is 3.01. The van der Waals surface area contributed by atoms with Crippen LogP contribution >= 0.6 is 0 Å². The molecular formula is C19H28N2. The molecule has 0 radical (unpaired) electrons. The zero-order valence-corrected chi connectivity index (χ0v) is 13.1. The fraction of sp³-hybridized carbons (Fsp3) is 0.684. The summed E-state index contributed by atoms with van der Waals surface area (Å²) in [6.45, 7) is 6.55. The van der Waals surface area contributed by atoms with Crippen molar-refractivity contribution in [2.45, 2.75) is 44.7 Å². The highest BCUT2D eigenvalue weighted by molar-refractivity contribution is 5.15. The van der Waals surface area contributed by atoms with Gasteiger partial charge in [0.1, 0.15) is 0 Å². The lowest BCUT2D eigenvalue weighted by molar-refractivity contribution is -0.0129. The predicted molar refractivity (Wildman–Crippen MR) is 87.1 cm³/mol. The van der Waals surface area contributed by atoms with Gasteiger partial charge in [-0.2, -0.15) is 0 Å². The van der Waals surface area contributed by atoms with Crippen molar-refractivity contribution >= 4 is 0 Å². The fourth-order valence-electron chi connectivity index (χ4n) is 5.11. The van der Waals surface area contributed by atoms with Crippen LogP contribution in [0.4, 0.5) is 0 Å². The zero-order valence-electron chi connectivity index (χ0n) is 13.1. The van der Waals surface area contributed by atoms with Crippen LogP contribution < -0.4 is 0 Å². The third-order valence-corrected chi connectivity index (χ3v) is 5.91. The summed E-state index contributed by atoms with van der Waals surface area (Å²) in [5.74, 6) is 1.86. The number of hydrogen-bond donors (Lipinski definition) is 0. The number of fused-ring (bicyclic) bond motifs is 2. The molecule has 4 rings (SSSR count). The van der Waals surface area contributed by atoms with Gasteiger partial charge in [-0.05, 0) is 56.2 Å². The predicted octanol–water partition coefficient (Wildman–Crippen LogP) is 3.38. The molecule has 2 nitrogen and oxygen atoms in total. The first kappa shape index (κ1) is 13.8. The second-order valence-corrected chi connectivity index (χ2v) is 7.36. The summed E-state index contributed by atoms with van der Waals surface area (Å²) in [6, 6.07) is 11.9. The molecule has 2 saturated heterocycles. The Balaban J connectivity index is 1.45. The molecule has 1 saturated carbocycles. The second-order valence-electron chi connectivity index (χ2n) is 7.36. The van der Waals surface area contributed by atoms with Gasteiger partial charge in [0, 0.05) is 25.7 Å². The molecule has 2 unspecified atom stereocenters. The van der Waals surface area contributed by atoms with E-state index >= 15 is 0 Å². The first-order valence-electron chi connectivity index (χ1n) is 8.90. The lowest BCUT2D eigenvalue weighted by Crippen LogP contribution is -2.57. The van der Waals surface area contributed by atoms with Crippen molar-refractivity contribution in [3.05, 3.63) is 35.9 Å². The van der Waals surface area contributed by atoms with Gasteiger partial charge in [-0.25, -0.2) is 0 Å². The van der Waals surface area contributed by atoms with E-state index in [2.05, 4.69) is 40.1 Å². The van der Waals surface area contributed by atoms with Crippen LogP contribution in [0.25, 0.3) is 0 Å². The maximum absolute atomic E-state index is 2.84. The second kappa shape index (κ2) is 6.10. The van der Waals surface area contributed by atoms with E-state index in [1.54, 1.807) is 0 Å². The van der Waals surface area contributed by atoms with Gasteiger partial charge in [0.25, 0.3) is 0 Å². The minimum absolute atomic E-state index is 0.910. The van der Waals surface area contributed by atoms with Crippen LogP contribution in [0.3, 0.4) is 0 Å². The minimum Gasteiger partial charge on any atom is -0.300 e. The van der Waals surface area contributed by atoms with Gasteiger partial charge in [0.05, 0.1) is 0 Å². The summed E-state index contributed by atoms with van der Waals surface area (Å²) in [6.07, 6.45) is 7.26. The van der Waals surface area contributed by atoms with Crippen molar-refractivity contribution in [1.82, 2.24) is 9.80 Å². The molecule has 2 heteroatoms. The summed E-state index contributed by atoms with van der Waals surface area (Å²) < 4.78 is 0. The molecule has 1 aromatic rings. The van der Waals surface area contributed by atoms with Crippen molar-refractivity contribution in [3.63, 3.8) is 0 Å². The largest absolute Gasteiger partial charge is 0.300 e. The molecule has 2 atom stereocenters. The Labute approximate surface area is 129 Å². The number of rotatable bonds is 3. The highest BCUT2D eigenvalue weighted by Gasteiger charge is 2.42. The van der Waals surface area contributed by atoms with Gasteiger partial charge in [-0.1, -0.05) is 36.8 Å². The Morgan fingerprint density at radius 1 is 0.857 bits per heavy atom. The van der Waals surface area contributed by atoms with E-state index < -0.39 is 0 Å². The Morgan fingerprint density at radius 3 is 2.19 bits per heavy atom. The number of benzene rings is 1. The van der Waals surface area contributed by atoms with Crippen LogP contribution in [0.5, 0.6) is 0 Å². The first-order valence-corrected chi connectivity index (χ1v) is 8.90. The van der Waals surface area contributed by atoms with E-state index in [1.807, 2.05) is 0 Å². The molecule has 2 aliphatic heterocycles. The maximum atomic E-state index is 2.84. The topological polar surface area (TPSA) is 6.48 Å². The van der Waals surface area contributed by atoms with Crippen LogP contribution in [0.1, 0.15) is 37.7 Å². The van der Waals surface area contributed by atoms with Crippen molar-refractivity contribution in [2.75, 3.05) is 26.2 Å². The smallest absolute Gasteiger partial charge is 0.0233 e. The van der Waals surface area contributed by atoms with Crippen molar-refractivity contribution in [1.29, 1.82) is 0 Å². The third kappa shape index (κ3) is 2.89. The molecule has 0 aromatic heterocycles. The van der Waals surface area contributed by atoms with Crippen molar-refractivity contribution < 1.29 is 0 Å². The van der Waals surface area contributed by atoms with Crippen molar-refractivity contribution in [2.24, 2.45) is 11.8 Å². The van der Waals surface area contributed by atoms with Gasteiger partial charge >= 0.3 is 0 Å². The van der Waals surface area contributed by atoms with Crippen molar-refractivity contribution in [3.8, 4) is 0 Å². The summed E-state index contributed by atoms with van der Waals surface area (Å²) in [5.41, 5.74) is 1.48. The van der Waals surface area contributed by atoms with E-state index in [1.165, 1.54) is 63.8 Å². The number of piperidine rings is 1. The zero-order chi connectivity index (χ0) is 14.1. The van der Waals surface area contributed by atoms with E-state index in [0.29, 0.717) is 0 Å². The van der Waals surface area contributed by atoms with Gasteiger partial charge < -0.3 is 0 Å². The quantitative estimate of drug-likeness (QED) is 0.839. The number of nitrogens with zero attached hydrogens (tertiary/aromatic N) is 2. The minimum atomic E-state index is 0.910. The maximum Gasteiger partial charge on any atom is 0.0233 e. The van der Waals surface area contributed by atoms with E-state index in [9.17, 15) is 0 Å². The number of likely N-dealkylation sites (tertiary alicyclic amines) is 2. The molecule has 0 N–H and O–H groups in total. The van der Waals surface area contributed by atoms with Gasteiger partial charge in [0.15, 0.2) is 0 Å². The Morgan fingerprint density at radius 2 is 1.52 bits per heavy atom.